The van der Waals surface area contributed by atoms with Gasteiger partial charge in [0.2, 0.25) is 0 Å². The Balaban J connectivity index is 0. The maximum Gasteiger partial charge on any atom is -0.147 e. The van der Waals surface area contributed by atoms with Crippen LogP contribution in [0.4, 0.5) is 0 Å². The first-order valence-corrected chi connectivity index (χ1v) is 3.07. The van der Waals surface area contributed by atoms with Gasteiger partial charge in [0.1, 0.15) is 0 Å². The van der Waals surface area contributed by atoms with Crippen LogP contribution in [0.15, 0.2) is 0 Å². The molecule has 0 saturated carbocycles. The van der Waals surface area contributed by atoms with Gasteiger partial charge >= 0.3 is 41.0 Å². The third kappa shape index (κ3) is 6.59. The zero-order valence-electron chi connectivity index (χ0n) is 4.08. The van der Waals surface area contributed by atoms with Crippen molar-refractivity contribution in [2.45, 2.75) is 0 Å². The number of halogens is 1. The minimum absolute atomic E-state index is 0. The summed E-state index contributed by atoms with van der Waals surface area (Å²) in [5.74, 6) is 0. The first-order chi connectivity index (χ1) is 2.81. The maximum absolute atomic E-state index is 9.97. The molecule has 45 valence electrons. The largest absolute Gasteiger partial charge is 0.147 e. The smallest absolute Gasteiger partial charge is 0.147 e. The van der Waals surface area contributed by atoms with Crippen LogP contribution < -0.4 is 0 Å². The average molecular weight is 165 g/mol. The Kier molecular flexibility index (Phi) is 9.94. The van der Waals surface area contributed by atoms with Crippen molar-refractivity contribution < 1.29 is 26.8 Å². The second-order valence-corrected chi connectivity index (χ2v) is 2.43. The van der Waals surface area contributed by atoms with Crippen molar-refractivity contribution in [1.29, 1.82) is 0 Å². The Morgan fingerprint density at radius 1 is 1.29 bits per heavy atom. The summed E-state index contributed by atoms with van der Waals surface area (Å²) in [4.78, 5) is 0. The molecule has 0 heterocycles. The fraction of sp³-hybridized carbons (Fsp3) is 1.00. The molecule has 0 aliphatic heterocycles. The monoisotopic (exact) mass is 165 g/mol. The van der Waals surface area contributed by atoms with Crippen LogP contribution in [0.5, 0.6) is 0 Å². The molecule has 0 radical (unpaired) electrons. The van der Waals surface area contributed by atoms with Crippen LogP contribution in [-0.4, -0.2) is 14.2 Å². The Morgan fingerprint density at radius 3 is 1.57 bits per heavy atom. The molecule has 0 saturated heterocycles. The fourth-order valence-corrected chi connectivity index (χ4v) is 0.307. The molecule has 0 fully saturated rings. The van der Waals surface area contributed by atoms with Gasteiger partial charge in [-0.05, 0) is 0 Å². The summed E-state index contributed by atoms with van der Waals surface area (Å²) in [6.45, 7) is 0. The first-order valence-electron chi connectivity index (χ1n) is 1.36. The second-order valence-electron chi connectivity index (χ2n) is 0.589. The van der Waals surface area contributed by atoms with E-state index in [9.17, 15) is 3.67 Å². The molecule has 0 bridgehead atoms. The van der Waals surface area contributed by atoms with Gasteiger partial charge in [0.15, 0.2) is 0 Å². The van der Waals surface area contributed by atoms with E-state index in [1.54, 1.807) is 0 Å². The van der Waals surface area contributed by atoms with E-state index in [2.05, 4.69) is 7.32 Å². The molecule has 0 aromatic rings. The fourth-order valence-electron chi connectivity index (χ4n) is 0.0745. The molecule has 0 rings (SSSR count). The predicted molar refractivity (Wildman–Crippen MR) is 22.0 cm³/mol. The van der Waals surface area contributed by atoms with Crippen LogP contribution in [0.1, 0.15) is 0 Å². The number of hydrogen-bond donors (Lipinski definition) is 0. The molecule has 0 N–H and O–H groups in total. The average Bonchev–Trinajstić information content (AvgIpc) is 1.65. The van der Waals surface area contributed by atoms with Gasteiger partial charge in [-0.25, -0.2) is 0 Å². The maximum atomic E-state index is 9.97. The van der Waals surface area contributed by atoms with Crippen molar-refractivity contribution >= 4 is 12.4 Å². The molecular weight excluding hydrogens is 158 g/mol. The van der Waals surface area contributed by atoms with E-state index in [1.165, 1.54) is 14.2 Å². The number of rotatable bonds is 2. The summed E-state index contributed by atoms with van der Waals surface area (Å²) < 4.78 is 18.5. The molecule has 0 aliphatic rings. The summed E-state index contributed by atoms with van der Waals surface area (Å²) in [7, 11) is 2.72. The molecule has 0 aliphatic carbocycles. The molecule has 3 nitrogen and oxygen atoms in total. The van der Waals surface area contributed by atoms with Gasteiger partial charge < -0.3 is 0 Å². The van der Waals surface area contributed by atoms with Crippen LogP contribution in [0, 0.1) is 0 Å². The van der Waals surface area contributed by atoms with Crippen molar-refractivity contribution in [3.63, 3.8) is 0 Å². The van der Waals surface area contributed by atoms with E-state index >= 15 is 0 Å². The van der Waals surface area contributed by atoms with Crippen LogP contribution in [0.3, 0.4) is 0 Å². The van der Waals surface area contributed by atoms with Gasteiger partial charge in [-0.2, -0.15) is 0 Å². The van der Waals surface area contributed by atoms with Gasteiger partial charge in [0.05, 0.1) is 0 Å². The Hall–Kier alpha value is 0.594. The first kappa shape index (κ1) is 10.6. The van der Waals surface area contributed by atoms with E-state index < -0.39 is 15.8 Å². The minimum atomic E-state index is -2.47. The van der Waals surface area contributed by atoms with Crippen LogP contribution in [0.2, 0.25) is 0 Å². The molecule has 0 amide bonds. The quantitative estimate of drug-likeness (QED) is 0.598. The third-order valence-corrected chi connectivity index (χ3v) is 1.23. The van der Waals surface area contributed by atoms with Gasteiger partial charge in [-0.3, -0.25) is 0 Å². The molecule has 0 unspecified atom stereocenters. The van der Waals surface area contributed by atoms with Crippen molar-refractivity contribution in [2.24, 2.45) is 0 Å². The molecule has 0 aromatic heterocycles. The molecule has 5 heteroatoms. The summed E-state index contributed by atoms with van der Waals surface area (Å²) in [5.41, 5.74) is 0. The zero-order chi connectivity index (χ0) is 4.99. The van der Waals surface area contributed by atoms with Gasteiger partial charge in [0.25, 0.3) is 0 Å². The van der Waals surface area contributed by atoms with Crippen molar-refractivity contribution in [3.8, 4) is 0 Å². The molecule has 0 atom stereocenters. The van der Waals surface area contributed by atoms with Gasteiger partial charge in [0, 0.05) is 0 Å². The summed E-state index contributed by atoms with van der Waals surface area (Å²) in [5, 5.41) is 0. The van der Waals surface area contributed by atoms with Crippen LogP contribution >= 0.6 is 12.4 Å². The van der Waals surface area contributed by atoms with Crippen molar-refractivity contribution in [2.75, 3.05) is 14.2 Å². The van der Waals surface area contributed by atoms with E-state index in [1.807, 2.05) is 0 Å². The van der Waals surface area contributed by atoms with E-state index in [-0.39, 0.29) is 12.4 Å². The van der Waals surface area contributed by atoms with E-state index in [0.717, 1.165) is 0 Å². The predicted octanol–water partition coefficient (Wildman–Crippen LogP) is 0.495. The second kappa shape index (κ2) is 6.59. The number of hydrogen-bond acceptors (Lipinski definition) is 3. The Labute approximate surface area is 53.9 Å². The van der Waals surface area contributed by atoms with Gasteiger partial charge in [-0.15, -0.1) is 12.4 Å². The zero-order valence-corrected chi connectivity index (χ0v) is 6.29. The molecule has 7 heavy (non-hydrogen) atoms. The molecular formula is C2H7ClO3V. The summed E-state index contributed by atoms with van der Waals surface area (Å²) in [6, 6.07) is 0. The summed E-state index contributed by atoms with van der Waals surface area (Å²) >= 11 is -2.47. The van der Waals surface area contributed by atoms with Crippen LogP contribution in [0.25, 0.3) is 0 Å². The van der Waals surface area contributed by atoms with E-state index in [4.69, 9.17) is 0 Å². The van der Waals surface area contributed by atoms with E-state index in [0.29, 0.717) is 0 Å². The van der Waals surface area contributed by atoms with Crippen LogP contribution in [-0.2, 0) is 26.8 Å². The molecule has 0 aromatic carbocycles. The summed E-state index contributed by atoms with van der Waals surface area (Å²) in [6.07, 6.45) is 0. The SMILES string of the molecule is C[O][V](=[O])[O]C.Cl. The van der Waals surface area contributed by atoms with Crippen molar-refractivity contribution in [1.82, 2.24) is 0 Å². The molecule has 0 spiro atoms. The van der Waals surface area contributed by atoms with Crippen molar-refractivity contribution in [3.05, 3.63) is 0 Å². The third-order valence-electron chi connectivity index (χ3n) is 0.298. The standard InChI is InChI=1S/2CH3O.ClH.O.V/c2*1-2;;;/h2*1H3;1H;;/q2*-1;;;+2. The Bertz CT molecular complexity index is 50.9. The minimum Gasteiger partial charge on any atom is -0.147 e. The Morgan fingerprint density at radius 2 is 1.57 bits per heavy atom. The topological polar surface area (TPSA) is 35.5 Å². The normalized spacial score (nSPS) is 7.14. The van der Waals surface area contributed by atoms with Gasteiger partial charge in [-0.1, -0.05) is 0 Å².